The molecule has 0 radical (unpaired) electrons. The summed E-state index contributed by atoms with van der Waals surface area (Å²) in [6, 6.07) is 1.97. The van der Waals surface area contributed by atoms with Crippen LogP contribution in [0.5, 0.6) is 0 Å². The van der Waals surface area contributed by atoms with Gasteiger partial charge in [-0.2, -0.15) is 13.2 Å². The molecule has 0 saturated carbocycles. The van der Waals surface area contributed by atoms with Crippen molar-refractivity contribution in [3.63, 3.8) is 0 Å². The number of carboxylic acid groups (broad SMARTS) is 1. The van der Waals surface area contributed by atoms with E-state index in [9.17, 15) is 37.8 Å². The van der Waals surface area contributed by atoms with E-state index in [1.807, 2.05) is 0 Å². The fourth-order valence-electron chi connectivity index (χ4n) is 4.39. The molecule has 10 nitrogen and oxygen atoms in total. The first-order valence-corrected chi connectivity index (χ1v) is 13.5. The highest BCUT2D eigenvalue weighted by molar-refractivity contribution is 7.13. The third-order valence-electron chi connectivity index (χ3n) is 6.46. The first-order chi connectivity index (χ1) is 19.8. The van der Waals surface area contributed by atoms with Gasteiger partial charge in [-0.25, -0.2) is 23.9 Å². The lowest BCUT2D eigenvalue weighted by atomic mass is 9.97. The minimum atomic E-state index is -4.75. The van der Waals surface area contributed by atoms with E-state index in [0.717, 1.165) is 29.9 Å². The van der Waals surface area contributed by atoms with Crippen LogP contribution >= 0.6 is 11.3 Å². The van der Waals surface area contributed by atoms with Gasteiger partial charge in [0.15, 0.2) is 5.69 Å². The maximum Gasteiger partial charge on any atom is 0.434 e. The van der Waals surface area contributed by atoms with Crippen LogP contribution in [0.25, 0.3) is 32.6 Å². The number of aliphatic hydroxyl groups excluding tert-OH is 1. The number of rotatable bonds is 8. The lowest BCUT2D eigenvalue weighted by Crippen LogP contribution is -2.28. The van der Waals surface area contributed by atoms with Gasteiger partial charge in [0.1, 0.15) is 22.2 Å². The number of alkyl halides is 3. The van der Waals surface area contributed by atoms with Gasteiger partial charge in [-0.1, -0.05) is 13.8 Å². The fraction of sp³-hybridized carbons (Fsp3) is 0.296. The second-order valence-electron chi connectivity index (χ2n) is 9.56. The number of carbonyl (C=O) groups excluding carboxylic acids is 1. The Balaban J connectivity index is 2.01. The summed E-state index contributed by atoms with van der Waals surface area (Å²) < 4.78 is 57.2. The fourth-order valence-corrected chi connectivity index (χ4v) is 5.24. The van der Waals surface area contributed by atoms with Crippen molar-refractivity contribution in [3.8, 4) is 21.7 Å². The lowest BCUT2D eigenvalue weighted by Gasteiger charge is -2.25. The molecule has 4 N–H and O–H groups in total. The summed E-state index contributed by atoms with van der Waals surface area (Å²) in [6.07, 6.45) is -2.59. The molecule has 0 saturated heterocycles. The molecule has 0 fully saturated rings. The van der Waals surface area contributed by atoms with Crippen LogP contribution in [-0.2, 0) is 6.18 Å². The molecule has 1 atom stereocenters. The average Bonchev–Trinajstić information content (AvgIpc) is 3.41. The van der Waals surface area contributed by atoms with Gasteiger partial charge in [0.05, 0.1) is 18.2 Å². The summed E-state index contributed by atoms with van der Waals surface area (Å²) in [7, 11) is 0. The summed E-state index contributed by atoms with van der Waals surface area (Å²) >= 11 is 0.627. The molecular formula is C27H25F4N5O5S. The molecule has 2 amide bonds. The van der Waals surface area contributed by atoms with Crippen LogP contribution in [0.1, 0.15) is 42.9 Å². The topological polar surface area (TPSA) is 146 Å². The number of aromatic carboxylic acids is 1. The van der Waals surface area contributed by atoms with Gasteiger partial charge in [0, 0.05) is 46.4 Å². The molecule has 1 aromatic carbocycles. The van der Waals surface area contributed by atoms with E-state index in [1.165, 1.54) is 10.6 Å². The van der Waals surface area contributed by atoms with Crippen LogP contribution in [0.3, 0.4) is 0 Å². The van der Waals surface area contributed by atoms with E-state index in [0.29, 0.717) is 11.3 Å². The van der Waals surface area contributed by atoms with Crippen molar-refractivity contribution in [2.75, 3.05) is 18.5 Å². The van der Waals surface area contributed by atoms with Crippen LogP contribution in [0.2, 0.25) is 0 Å². The highest BCUT2D eigenvalue weighted by Gasteiger charge is 2.34. The number of anilines is 1. The zero-order chi connectivity index (χ0) is 30.9. The molecule has 42 heavy (non-hydrogen) atoms. The first-order valence-electron chi connectivity index (χ1n) is 12.6. The third kappa shape index (κ3) is 5.97. The summed E-state index contributed by atoms with van der Waals surface area (Å²) in [5, 5.41) is 25.0. The normalized spacial score (nSPS) is 12.5. The molecule has 0 spiro atoms. The number of aliphatic hydroxyl groups is 1. The Morgan fingerprint density at radius 3 is 2.43 bits per heavy atom. The van der Waals surface area contributed by atoms with Gasteiger partial charge < -0.3 is 20.1 Å². The predicted molar refractivity (Wildman–Crippen MR) is 148 cm³/mol. The number of nitrogens with one attached hydrogen (secondary N) is 2. The summed E-state index contributed by atoms with van der Waals surface area (Å²) in [5.41, 5.74) is -3.07. The van der Waals surface area contributed by atoms with Crippen LogP contribution in [-0.4, -0.2) is 49.9 Å². The summed E-state index contributed by atoms with van der Waals surface area (Å²) in [5.74, 6) is -2.74. The van der Waals surface area contributed by atoms with Crippen LogP contribution in [0, 0.1) is 11.7 Å². The molecule has 0 aliphatic heterocycles. The summed E-state index contributed by atoms with van der Waals surface area (Å²) in [6.45, 7) is 5.04. The standard InChI is InChI=1S/C27H25F4N5O5S/c1-4-32-26(41)35-22-6-14(24-34-21(11-42-24)27(29,30)31)16(8-33-22)13-5-15-19(7-18(13)28)36(20(10-37)12(2)3)9-17(23(15)38)25(39)40/h5-9,11-12,20,37H,4,10H2,1-3H3,(H,39,40)(H2,32,33,35,41)/t20-/m1/s1. The van der Waals surface area contributed by atoms with E-state index >= 15 is 4.39 Å². The monoisotopic (exact) mass is 607 g/mol. The SMILES string of the molecule is CCNC(=O)Nc1cc(-c2nc(C(F)(F)F)cs2)c(-c2cc3c(=O)c(C(=O)O)cn([C@H](CO)C(C)C)c3cc2F)cn1. The Hall–Kier alpha value is -4.37. The van der Waals surface area contributed by atoms with Gasteiger partial charge in [-0.05, 0) is 31.0 Å². The quantitative estimate of drug-likeness (QED) is 0.197. The number of carbonyl (C=O) groups is 2. The number of fused-ring (bicyclic) bond motifs is 1. The molecular weight excluding hydrogens is 582 g/mol. The number of halogens is 4. The van der Waals surface area contributed by atoms with E-state index in [-0.39, 0.29) is 50.9 Å². The smallest absolute Gasteiger partial charge is 0.434 e. The number of aromatic nitrogens is 3. The number of hydrogen-bond acceptors (Lipinski definition) is 7. The van der Waals surface area contributed by atoms with Crippen LogP contribution in [0.4, 0.5) is 28.2 Å². The minimum Gasteiger partial charge on any atom is -0.477 e. The lowest BCUT2D eigenvalue weighted by molar-refractivity contribution is -0.140. The third-order valence-corrected chi connectivity index (χ3v) is 7.34. The molecule has 0 bridgehead atoms. The second-order valence-corrected chi connectivity index (χ2v) is 10.4. The zero-order valence-electron chi connectivity index (χ0n) is 22.4. The van der Waals surface area contributed by atoms with Crippen LogP contribution in [0.15, 0.2) is 40.8 Å². The molecule has 0 aliphatic rings. The summed E-state index contributed by atoms with van der Waals surface area (Å²) in [4.78, 5) is 44.9. The minimum absolute atomic E-state index is 0.0108. The van der Waals surface area contributed by atoms with E-state index in [2.05, 4.69) is 20.6 Å². The Kier molecular flexibility index (Phi) is 8.63. The zero-order valence-corrected chi connectivity index (χ0v) is 23.2. The van der Waals surface area contributed by atoms with Gasteiger partial charge in [-0.15, -0.1) is 11.3 Å². The van der Waals surface area contributed by atoms with Crippen molar-refractivity contribution in [1.82, 2.24) is 19.9 Å². The molecule has 222 valence electrons. The predicted octanol–water partition coefficient (Wildman–Crippen LogP) is 5.37. The van der Waals surface area contributed by atoms with E-state index in [4.69, 9.17) is 0 Å². The number of amides is 2. The first kappa shape index (κ1) is 30.6. The largest absolute Gasteiger partial charge is 0.477 e. The van der Waals surface area contributed by atoms with Crippen molar-refractivity contribution in [1.29, 1.82) is 0 Å². The maximum atomic E-state index is 15.8. The second kappa shape index (κ2) is 11.9. The number of nitrogens with zero attached hydrogens (tertiary/aromatic N) is 3. The molecule has 0 aliphatic carbocycles. The van der Waals surface area contributed by atoms with Crippen LogP contribution < -0.4 is 16.1 Å². The molecule has 3 heterocycles. The molecule has 4 rings (SSSR count). The number of urea groups is 1. The Bertz CT molecular complexity index is 1730. The molecule has 0 unspecified atom stereocenters. The molecule has 3 aromatic heterocycles. The van der Waals surface area contributed by atoms with Crippen molar-refractivity contribution >= 4 is 40.1 Å². The number of thiazole rings is 1. The number of hydrogen-bond donors (Lipinski definition) is 4. The number of benzene rings is 1. The number of pyridine rings is 2. The molecule has 15 heteroatoms. The van der Waals surface area contributed by atoms with E-state index in [1.54, 1.807) is 20.8 Å². The Morgan fingerprint density at radius 1 is 1.14 bits per heavy atom. The average molecular weight is 608 g/mol. The van der Waals surface area contributed by atoms with Gasteiger partial charge in [0.25, 0.3) is 0 Å². The van der Waals surface area contributed by atoms with Gasteiger partial charge >= 0.3 is 18.2 Å². The van der Waals surface area contributed by atoms with Crippen molar-refractivity contribution < 1.29 is 37.4 Å². The van der Waals surface area contributed by atoms with Crippen molar-refractivity contribution in [3.05, 3.63) is 63.3 Å². The van der Waals surface area contributed by atoms with Gasteiger partial charge in [0.2, 0.25) is 5.43 Å². The van der Waals surface area contributed by atoms with Crippen molar-refractivity contribution in [2.24, 2.45) is 5.92 Å². The highest BCUT2D eigenvalue weighted by atomic mass is 32.1. The molecule has 4 aromatic rings. The maximum absolute atomic E-state index is 15.8. The van der Waals surface area contributed by atoms with Crippen molar-refractivity contribution in [2.45, 2.75) is 33.0 Å². The number of carboxylic acids is 1. The van der Waals surface area contributed by atoms with Gasteiger partial charge in [-0.3, -0.25) is 10.1 Å². The van der Waals surface area contributed by atoms with E-state index < -0.39 is 53.3 Å². The highest BCUT2D eigenvalue weighted by Crippen LogP contribution is 2.40. The Morgan fingerprint density at radius 2 is 1.86 bits per heavy atom. The Labute approximate surface area is 239 Å².